The summed E-state index contributed by atoms with van der Waals surface area (Å²) in [6, 6.07) is 7.24. The minimum Gasteiger partial charge on any atom is -0.468 e. The highest BCUT2D eigenvalue weighted by atomic mass is 32.1. The molecule has 1 aliphatic rings. The largest absolute Gasteiger partial charge is 0.653 e. The summed E-state index contributed by atoms with van der Waals surface area (Å²) >= 11 is 5.13. The molecule has 208 valence electrons. The first-order chi connectivity index (χ1) is 18.5. The lowest BCUT2D eigenvalue weighted by molar-refractivity contribution is -0.152. The molecule has 14 nitrogen and oxygen atoms in total. The van der Waals surface area contributed by atoms with Crippen LogP contribution in [0.2, 0.25) is 0 Å². The van der Waals surface area contributed by atoms with Gasteiger partial charge in [-0.15, -0.1) is 4.52 Å². The molecule has 0 amide bonds. The molecule has 2 aromatic heterocycles. The number of carbonyl (C=O) groups excluding carboxylic acids is 1. The van der Waals surface area contributed by atoms with Crippen LogP contribution in [0.25, 0.3) is 11.0 Å². The van der Waals surface area contributed by atoms with Gasteiger partial charge in [0.1, 0.15) is 52.0 Å². The summed E-state index contributed by atoms with van der Waals surface area (Å²) in [4.78, 5) is 26.9. The number of hydrogen-bond acceptors (Lipinski definition) is 12. The van der Waals surface area contributed by atoms with Crippen molar-refractivity contribution in [1.29, 1.82) is 0 Å². The maximum Gasteiger partial charge on any atom is 0.653 e. The summed E-state index contributed by atoms with van der Waals surface area (Å²) in [5.41, 5.74) is 10.6. The van der Waals surface area contributed by atoms with Crippen molar-refractivity contribution in [3.8, 4) is 5.75 Å². The number of aromatic nitrogens is 3. The van der Waals surface area contributed by atoms with Gasteiger partial charge in [-0.2, -0.15) is 0 Å². The first-order valence-electron chi connectivity index (χ1n) is 11.6. The fraction of sp³-hybridized carbons (Fsp3) is 0.391. The van der Waals surface area contributed by atoms with Crippen molar-refractivity contribution < 1.29 is 38.4 Å². The third-order valence-electron chi connectivity index (χ3n) is 6.24. The molecule has 1 saturated heterocycles. The molecule has 1 aliphatic heterocycles. The van der Waals surface area contributed by atoms with Crippen LogP contribution in [0.1, 0.15) is 25.6 Å². The molecule has 16 heteroatoms. The molecule has 6 N–H and O–H groups in total. The second-order valence-electron chi connectivity index (χ2n) is 8.91. The molecule has 4 rings (SSSR count). The van der Waals surface area contributed by atoms with Crippen LogP contribution < -0.4 is 16.3 Å². The van der Waals surface area contributed by atoms with E-state index in [1.165, 1.54) is 38.0 Å². The third-order valence-corrected chi connectivity index (χ3v) is 7.58. The Morgan fingerprint density at radius 2 is 2.05 bits per heavy atom. The van der Waals surface area contributed by atoms with Crippen molar-refractivity contribution in [3.05, 3.63) is 48.4 Å². The lowest BCUT2D eigenvalue weighted by atomic mass is 9.96. The van der Waals surface area contributed by atoms with Gasteiger partial charge in [0, 0.05) is 11.8 Å². The molecule has 3 unspecified atom stereocenters. The van der Waals surface area contributed by atoms with E-state index in [2.05, 4.69) is 9.97 Å². The van der Waals surface area contributed by atoms with Crippen molar-refractivity contribution in [2.45, 2.75) is 43.9 Å². The number of anilines is 1. The van der Waals surface area contributed by atoms with Crippen LogP contribution in [0, 0.1) is 0 Å². The zero-order chi connectivity index (χ0) is 28.5. The monoisotopic (exact) mass is 579 g/mol. The first-order valence-corrected chi connectivity index (χ1v) is 13.2. The van der Waals surface area contributed by atoms with E-state index in [1.54, 1.807) is 30.3 Å². The molecular weight excluding hydrogens is 551 g/mol. The van der Waals surface area contributed by atoms with Crippen molar-refractivity contribution in [2.75, 3.05) is 19.5 Å². The van der Waals surface area contributed by atoms with Gasteiger partial charge < -0.3 is 40.6 Å². The Morgan fingerprint density at radius 3 is 2.69 bits per heavy atom. The van der Waals surface area contributed by atoms with Gasteiger partial charge in [-0.25, -0.2) is 9.97 Å². The summed E-state index contributed by atoms with van der Waals surface area (Å²) in [6.45, 7) is 2.35. The van der Waals surface area contributed by atoms with Gasteiger partial charge in [0.05, 0.1) is 12.5 Å². The maximum atomic E-state index is 13.1. The number of thiocarbonyl (C=S) groups is 1. The topological polar surface area (TPSA) is 198 Å². The number of fused-ring (bicyclic) bond motifs is 1. The summed E-state index contributed by atoms with van der Waals surface area (Å²) in [7, 11) is -1.62. The van der Waals surface area contributed by atoms with Gasteiger partial charge in [0.15, 0.2) is 18.0 Å². The van der Waals surface area contributed by atoms with Crippen LogP contribution in [-0.4, -0.2) is 78.1 Å². The van der Waals surface area contributed by atoms with Gasteiger partial charge in [-0.05, 0) is 30.5 Å². The number of nitrogens with zero attached hydrogens (tertiary/aromatic N) is 4. The molecule has 39 heavy (non-hydrogen) atoms. The number of carbonyl (C=O) groups is 1. The van der Waals surface area contributed by atoms with Crippen LogP contribution in [0.15, 0.2) is 42.9 Å². The van der Waals surface area contributed by atoms with Gasteiger partial charge >= 0.3 is 14.1 Å². The quantitative estimate of drug-likeness (QED) is 0.116. The van der Waals surface area contributed by atoms with Crippen LogP contribution in [-0.2, 0) is 23.4 Å². The van der Waals surface area contributed by atoms with Crippen molar-refractivity contribution in [1.82, 2.24) is 19.4 Å². The molecule has 1 fully saturated rings. The molecule has 6 atom stereocenters. The summed E-state index contributed by atoms with van der Waals surface area (Å²) in [6.07, 6.45) is -1.10. The molecule has 0 spiro atoms. The van der Waals surface area contributed by atoms with E-state index in [0.717, 1.165) is 4.83 Å². The Balaban J connectivity index is 1.56. The highest BCUT2D eigenvalue weighted by Gasteiger charge is 2.55. The maximum absolute atomic E-state index is 13.1. The summed E-state index contributed by atoms with van der Waals surface area (Å²) < 4.78 is 30.8. The van der Waals surface area contributed by atoms with Crippen molar-refractivity contribution in [3.63, 3.8) is 0 Å². The van der Waals surface area contributed by atoms with Crippen LogP contribution in [0.3, 0.4) is 0 Å². The molecule has 0 aliphatic carbocycles. The number of methoxy groups -OCH3 is 1. The fourth-order valence-electron chi connectivity index (χ4n) is 4.15. The van der Waals surface area contributed by atoms with Crippen molar-refractivity contribution in [2.24, 2.45) is 5.73 Å². The smallest absolute Gasteiger partial charge is 0.468 e. The Bertz CT molecular complexity index is 1390. The number of hydrogen-bond donors (Lipinski definition) is 4. The number of nitrogens with two attached hydrogens (primary N) is 2. The lowest BCUT2D eigenvalue weighted by Crippen LogP contribution is -2.44. The number of hydroxylamine groups is 1. The Labute approximate surface area is 229 Å². The van der Waals surface area contributed by atoms with Crippen molar-refractivity contribution >= 4 is 48.2 Å². The van der Waals surface area contributed by atoms with E-state index in [1.807, 2.05) is 0 Å². The van der Waals surface area contributed by atoms with Gasteiger partial charge in [-0.1, -0.05) is 30.4 Å². The van der Waals surface area contributed by atoms with Gasteiger partial charge in [0.2, 0.25) is 0 Å². The minimum atomic E-state index is -2.81. The number of benzene rings is 1. The number of aliphatic hydroxyl groups is 2. The fourth-order valence-corrected chi connectivity index (χ4v) is 5.23. The van der Waals surface area contributed by atoms with E-state index >= 15 is 0 Å². The zero-order valence-corrected chi connectivity index (χ0v) is 22.9. The van der Waals surface area contributed by atoms with E-state index in [0.29, 0.717) is 16.7 Å². The second kappa shape index (κ2) is 11.4. The predicted octanol–water partition coefficient (Wildman–Crippen LogP) is 1.19. The molecule has 3 heterocycles. The van der Waals surface area contributed by atoms with Crippen LogP contribution in [0.4, 0.5) is 5.82 Å². The number of para-hydroxylation sites is 1. The minimum absolute atomic E-state index is 0.0218. The Hall–Kier alpha value is -3.30. The third kappa shape index (κ3) is 5.56. The number of esters is 1. The van der Waals surface area contributed by atoms with E-state index in [-0.39, 0.29) is 16.5 Å². The van der Waals surface area contributed by atoms with E-state index in [4.69, 9.17) is 42.5 Å². The Morgan fingerprint density at radius 1 is 1.36 bits per heavy atom. The average molecular weight is 580 g/mol. The second-order valence-corrected chi connectivity index (χ2v) is 10.5. The number of nitrogen functional groups attached to an aromatic ring is 1. The average Bonchev–Trinajstić information content (AvgIpc) is 3.41. The van der Waals surface area contributed by atoms with Crippen LogP contribution in [0.5, 0.6) is 5.75 Å². The SMILES string of the molecule is COC(=O)[C@H](C)N(Oc1ccccc1)[P+](=O)OCC1O[C@@H](n2cc(C(N)=S)c3c(N)ncnc32)[C@](C)(O)C1O. The first kappa shape index (κ1) is 28.7. The zero-order valence-electron chi connectivity index (χ0n) is 21.2. The normalized spacial score (nSPS) is 24.1. The molecule has 1 aromatic carbocycles. The van der Waals surface area contributed by atoms with E-state index < -0.39 is 50.8 Å². The highest BCUT2D eigenvalue weighted by molar-refractivity contribution is 7.80. The molecule has 3 aromatic rings. The predicted molar refractivity (Wildman–Crippen MR) is 142 cm³/mol. The number of ether oxygens (including phenoxy) is 2. The molecule has 0 saturated carbocycles. The molecule has 0 radical (unpaired) electrons. The standard InChI is InChI=1S/C23H27N6O8PS/c1-12(21(31)34-3)29(37-13-7-5-4-6-8-13)38(33)35-10-15-17(30)23(2,32)22(36-15)28-9-14(19(25)39)16-18(24)26-11-27-20(16)28/h4-9,11-12,15,17,22,30,32H,10H2,1-3H3,(H3-,24,25,26,27,39)/p+1/t12-,15?,17?,22+,23+/m0/s1. The van der Waals surface area contributed by atoms with Crippen LogP contribution >= 0.6 is 20.4 Å². The van der Waals surface area contributed by atoms with Gasteiger partial charge in [0.25, 0.3) is 0 Å². The van der Waals surface area contributed by atoms with Gasteiger partial charge in [-0.3, -0.25) is 4.79 Å². The Kier molecular flexibility index (Phi) is 8.42. The lowest BCUT2D eigenvalue weighted by Gasteiger charge is -2.27. The highest BCUT2D eigenvalue weighted by Crippen LogP contribution is 2.42. The number of rotatable bonds is 10. The molecular formula is C23H28N6O8PS+. The summed E-state index contributed by atoms with van der Waals surface area (Å²) in [5.74, 6) is -0.294. The number of aliphatic hydroxyl groups excluding tert-OH is 1. The summed E-state index contributed by atoms with van der Waals surface area (Å²) in [5, 5.41) is 22.5. The molecule has 0 bridgehead atoms. The van der Waals surface area contributed by atoms with E-state index in [9.17, 15) is 19.6 Å².